The lowest BCUT2D eigenvalue weighted by Gasteiger charge is -2.05. The molecular weight excluding hydrogens is 264 g/mol. The number of carbonyl (C=O) groups is 1. The summed E-state index contributed by atoms with van der Waals surface area (Å²) in [7, 11) is 1.75. The van der Waals surface area contributed by atoms with E-state index in [0.29, 0.717) is 5.69 Å². The first-order chi connectivity index (χ1) is 9.47. The number of non-ortho nitro benzene ring substituents is 1. The van der Waals surface area contributed by atoms with Crippen LogP contribution >= 0.6 is 0 Å². The van der Waals surface area contributed by atoms with Gasteiger partial charge in [0.15, 0.2) is 0 Å². The van der Waals surface area contributed by atoms with Crippen LogP contribution in [-0.2, 0) is 13.6 Å². The zero-order valence-corrected chi connectivity index (χ0v) is 10.6. The molecule has 20 heavy (non-hydrogen) atoms. The number of rotatable bonds is 4. The highest BCUT2D eigenvalue weighted by Gasteiger charge is 2.16. The third kappa shape index (κ3) is 2.91. The van der Waals surface area contributed by atoms with Crippen LogP contribution in [0.1, 0.15) is 16.1 Å². The SMILES string of the molecule is Cn1ccc(CNC(=O)c2cc([N+](=O)[O-])ccc2O)n1. The van der Waals surface area contributed by atoms with Crippen molar-refractivity contribution in [1.29, 1.82) is 0 Å². The van der Waals surface area contributed by atoms with E-state index in [1.165, 1.54) is 0 Å². The fraction of sp³-hybridized carbons (Fsp3) is 0.167. The largest absolute Gasteiger partial charge is 0.507 e. The van der Waals surface area contributed by atoms with Crippen molar-refractivity contribution >= 4 is 11.6 Å². The van der Waals surface area contributed by atoms with E-state index in [2.05, 4.69) is 10.4 Å². The smallest absolute Gasteiger partial charge is 0.270 e. The van der Waals surface area contributed by atoms with Gasteiger partial charge in [0.1, 0.15) is 5.75 Å². The predicted octanol–water partition coefficient (Wildman–Crippen LogP) is 0.964. The molecule has 2 N–H and O–H groups in total. The third-order valence-corrected chi connectivity index (χ3v) is 2.63. The van der Waals surface area contributed by atoms with Crippen LogP contribution in [0.4, 0.5) is 5.69 Å². The number of aromatic hydroxyl groups is 1. The second kappa shape index (κ2) is 5.39. The molecule has 1 aromatic carbocycles. The fourth-order valence-electron chi connectivity index (χ4n) is 1.64. The Bertz CT molecular complexity index is 665. The van der Waals surface area contributed by atoms with Crippen LogP contribution in [0.3, 0.4) is 0 Å². The molecule has 0 fully saturated rings. The number of aryl methyl sites for hydroxylation is 1. The minimum Gasteiger partial charge on any atom is -0.507 e. The van der Waals surface area contributed by atoms with Gasteiger partial charge in [0, 0.05) is 25.4 Å². The number of hydrogen-bond acceptors (Lipinski definition) is 5. The van der Waals surface area contributed by atoms with Gasteiger partial charge < -0.3 is 10.4 Å². The van der Waals surface area contributed by atoms with E-state index < -0.39 is 10.8 Å². The van der Waals surface area contributed by atoms with Crippen molar-refractivity contribution in [3.05, 3.63) is 51.8 Å². The van der Waals surface area contributed by atoms with Crippen molar-refractivity contribution < 1.29 is 14.8 Å². The second-order valence-corrected chi connectivity index (χ2v) is 4.12. The molecular formula is C12H12N4O4. The first-order valence-corrected chi connectivity index (χ1v) is 5.71. The Morgan fingerprint density at radius 1 is 1.50 bits per heavy atom. The molecule has 0 aliphatic carbocycles. The molecule has 8 nitrogen and oxygen atoms in total. The lowest BCUT2D eigenvalue weighted by molar-refractivity contribution is -0.384. The number of nitrogens with zero attached hydrogens (tertiary/aromatic N) is 3. The minimum atomic E-state index is -0.630. The average molecular weight is 276 g/mol. The molecule has 1 amide bonds. The molecule has 2 rings (SSSR count). The van der Waals surface area contributed by atoms with Gasteiger partial charge in [-0.15, -0.1) is 0 Å². The van der Waals surface area contributed by atoms with Gasteiger partial charge in [-0.2, -0.15) is 5.10 Å². The van der Waals surface area contributed by atoms with Gasteiger partial charge in [0.2, 0.25) is 0 Å². The maximum atomic E-state index is 11.9. The monoisotopic (exact) mass is 276 g/mol. The minimum absolute atomic E-state index is 0.143. The van der Waals surface area contributed by atoms with E-state index in [9.17, 15) is 20.0 Å². The predicted molar refractivity (Wildman–Crippen MR) is 69.1 cm³/mol. The number of nitro groups is 1. The molecule has 0 saturated carbocycles. The van der Waals surface area contributed by atoms with E-state index in [1.807, 2.05) is 0 Å². The molecule has 0 bridgehead atoms. The topological polar surface area (TPSA) is 110 Å². The van der Waals surface area contributed by atoms with Gasteiger partial charge in [-0.3, -0.25) is 19.6 Å². The molecule has 0 spiro atoms. The Labute approximate surface area is 113 Å². The summed E-state index contributed by atoms with van der Waals surface area (Å²) in [6.45, 7) is 0.168. The van der Waals surface area contributed by atoms with Crippen molar-refractivity contribution in [2.24, 2.45) is 7.05 Å². The summed E-state index contributed by atoms with van der Waals surface area (Å²) < 4.78 is 1.59. The Morgan fingerprint density at radius 2 is 2.25 bits per heavy atom. The molecule has 0 unspecified atom stereocenters. The summed E-state index contributed by atoms with van der Waals surface area (Å²) in [4.78, 5) is 21.9. The van der Waals surface area contributed by atoms with E-state index in [1.54, 1.807) is 24.0 Å². The zero-order chi connectivity index (χ0) is 14.7. The number of phenols is 1. The van der Waals surface area contributed by atoms with Gasteiger partial charge in [0.25, 0.3) is 11.6 Å². The Morgan fingerprint density at radius 3 is 2.85 bits per heavy atom. The Kier molecular flexibility index (Phi) is 3.65. The highest BCUT2D eigenvalue weighted by Crippen LogP contribution is 2.22. The van der Waals surface area contributed by atoms with Gasteiger partial charge in [-0.05, 0) is 12.1 Å². The number of nitrogens with one attached hydrogen (secondary N) is 1. The first kappa shape index (κ1) is 13.5. The third-order valence-electron chi connectivity index (χ3n) is 2.63. The number of amides is 1. The van der Waals surface area contributed by atoms with Gasteiger partial charge in [0.05, 0.1) is 22.7 Å². The summed E-state index contributed by atoms with van der Waals surface area (Å²) in [6.07, 6.45) is 1.73. The molecule has 2 aromatic rings. The molecule has 8 heteroatoms. The highest BCUT2D eigenvalue weighted by atomic mass is 16.6. The molecule has 1 heterocycles. The Balaban J connectivity index is 2.12. The van der Waals surface area contributed by atoms with Crippen molar-refractivity contribution in [3.63, 3.8) is 0 Å². The molecule has 0 atom stereocenters. The summed E-state index contributed by atoms with van der Waals surface area (Å²) in [5.74, 6) is -0.911. The standard InChI is InChI=1S/C12H12N4O4/c1-15-5-4-8(14-15)7-13-12(18)10-6-9(16(19)20)2-3-11(10)17/h2-6,17H,7H2,1H3,(H,13,18). The highest BCUT2D eigenvalue weighted by molar-refractivity contribution is 5.97. The molecule has 104 valence electrons. The number of phenolic OH excluding ortho intramolecular Hbond substituents is 1. The number of benzene rings is 1. The number of hydrogen-bond donors (Lipinski definition) is 2. The van der Waals surface area contributed by atoms with Crippen molar-refractivity contribution in [2.75, 3.05) is 0 Å². The van der Waals surface area contributed by atoms with Gasteiger partial charge >= 0.3 is 0 Å². The lowest BCUT2D eigenvalue weighted by atomic mass is 10.1. The van der Waals surface area contributed by atoms with E-state index in [-0.39, 0.29) is 23.5 Å². The molecule has 0 radical (unpaired) electrons. The maximum Gasteiger partial charge on any atom is 0.270 e. The van der Waals surface area contributed by atoms with Crippen molar-refractivity contribution in [1.82, 2.24) is 15.1 Å². The summed E-state index contributed by atoms with van der Waals surface area (Å²) in [6, 6.07) is 5.01. The average Bonchev–Trinajstić information content (AvgIpc) is 2.82. The Hall–Kier alpha value is -2.90. The van der Waals surface area contributed by atoms with Crippen LogP contribution in [0.5, 0.6) is 5.75 Å². The quantitative estimate of drug-likeness (QED) is 0.638. The first-order valence-electron chi connectivity index (χ1n) is 5.71. The van der Waals surface area contributed by atoms with E-state index >= 15 is 0 Å². The normalized spacial score (nSPS) is 10.2. The molecule has 0 saturated heterocycles. The zero-order valence-electron chi connectivity index (χ0n) is 10.6. The van der Waals surface area contributed by atoms with Crippen LogP contribution in [0.2, 0.25) is 0 Å². The maximum absolute atomic E-state index is 11.9. The summed E-state index contributed by atoms with van der Waals surface area (Å²) in [5, 5.41) is 26.8. The van der Waals surface area contributed by atoms with Crippen LogP contribution in [0, 0.1) is 10.1 Å². The number of nitro benzene ring substituents is 1. The van der Waals surface area contributed by atoms with E-state index in [4.69, 9.17) is 0 Å². The molecule has 0 aliphatic heterocycles. The summed E-state index contributed by atoms with van der Waals surface area (Å²) in [5.41, 5.74) is 0.242. The lowest BCUT2D eigenvalue weighted by Crippen LogP contribution is -2.23. The molecule has 1 aromatic heterocycles. The molecule has 0 aliphatic rings. The van der Waals surface area contributed by atoms with Crippen LogP contribution in [-0.4, -0.2) is 25.7 Å². The van der Waals surface area contributed by atoms with Crippen LogP contribution in [0.15, 0.2) is 30.5 Å². The van der Waals surface area contributed by atoms with Crippen LogP contribution < -0.4 is 5.32 Å². The van der Waals surface area contributed by atoms with Crippen molar-refractivity contribution in [3.8, 4) is 5.75 Å². The number of aromatic nitrogens is 2. The summed E-state index contributed by atoms with van der Waals surface area (Å²) >= 11 is 0. The number of carbonyl (C=O) groups excluding carboxylic acids is 1. The second-order valence-electron chi connectivity index (χ2n) is 4.12. The van der Waals surface area contributed by atoms with Crippen LogP contribution in [0.25, 0.3) is 0 Å². The van der Waals surface area contributed by atoms with Gasteiger partial charge in [-0.1, -0.05) is 0 Å². The van der Waals surface area contributed by atoms with Crippen molar-refractivity contribution in [2.45, 2.75) is 6.54 Å². The van der Waals surface area contributed by atoms with Gasteiger partial charge in [-0.25, -0.2) is 0 Å². The van der Waals surface area contributed by atoms with E-state index in [0.717, 1.165) is 18.2 Å². The fourth-order valence-corrected chi connectivity index (χ4v) is 1.64.